The minimum atomic E-state index is 0.0718. The highest BCUT2D eigenvalue weighted by molar-refractivity contribution is 5.97. The van der Waals surface area contributed by atoms with Crippen LogP contribution in [-0.2, 0) is 4.79 Å². The van der Waals surface area contributed by atoms with E-state index in [1.807, 2.05) is 0 Å². The van der Waals surface area contributed by atoms with Crippen molar-refractivity contribution in [3.63, 3.8) is 0 Å². The Hall–Kier alpha value is -2.28. The van der Waals surface area contributed by atoms with Gasteiger partial charge >= 0.3 is 0 Å². The summed E-state index contributed by atoms with van der Waals surface area (Å²) in [5.74, 6) is 0.917. The zero-order chi connectivity index (χ0) is 15.1. The molecule has 21 heavy (non-hydrogen) atoms. The number of amides is 1. The number of nitrogens with two attached hydrogens (primary N) is 1. The molecule has 1 unspecified atom stereocenters. The van der Waals surface area contributed by atoms with Crippen LogP contribution >= 0.6 is 0 Å². The highest BCUT2D eigenvalue weighted by Crippen LogP contribution is 2.11. The summed E-state index contributed by atoms with van der Waals surface area (Å²) < 4.78 is 5.59. The predicted molar refractivity (Wildman–Crippen MR) is 78.5 cm³/mol. The summed E-state index contributed by atoms with van der Waals surface area (Å²) in [6.07, 6.45) is 1.44. The molecule has 1 aromatic carbocycles. The smallest absolute Gasteiger partial charge is 0.220 e. The number of carbonyl (C=O) groups is 1. The van der Waals surface area contributed by atoms with Gasteiger partial charge in [-0.3, -0.25) is 4.79 Å². The molecule has 114 valence electrons. The third-order valence-corrected chi connectivity index (χ3v) is 3.33. The van der Waals surface area contributed by atoms with E-state index in [2.05, 4.69) is 15.8 Å². The molecule has 2 rings (SSSR count). The highest BCUT2D eigenvalue weighted by atomic mass is 16.5. The fourth-order valence-corrected chi connectivity index (χ4v) is 2.12. The Kier molecular flexibility index (Phi) is 5.39. The number of nitrogens with zero attached hydrogens (tertiary/aromatic N) is 1. The molecular weight excluding hydrogens is 272 g/mol. The summed E-state index contributed by atoms with van der Waals surface area (Å²) in [7, 11) is 0. The Balaban J connectivity index is 1.68. The van der Waals surface area contributed by atoms with Crippen LogP contribution in [0, 0.1) is 0 Å². The maximum absolute atomic E-state index is 11.0. The average Bonchev–Trinajstić information content (AvgIpc) is 2.53. The van der Waals surface area contributed by atoms with Gasteiger partial charge in [0.1, 0.15) is 12.4 Å². The lowest BCUT2D eigenvalue weighted by Gasteiger charge is -2.23. The quantitative estimate of drug-likeness (QED) is 0.194. The van der Waals surface area contributed by atoms with Gasteiger partial charge in [0.05, 0.1) is 0 Å². The van der Waals surface area contributed by atoms with Crippen molar-refractivity contribution >= 4 is 11.7 Å². The average molecular weight is 292 g/mol. The molecule has 0 bridgehead atoms. The molecule has 7 heteroatoms. The van der Waals surface area contributed by atoms with Gasteiger partial charge in [0.15, 0.2) is 5.84 Å². The molecule has 1 atom stereocenters. The minimum absolute atomic E-state index is 0.0718. The first-order valence-electron chi connectivity index (χ1n) is 6.90. The van der Waals surface area contributed by atoms with Crippen LogP contribution in [0.1, 0.15) is 18.4 Å². The maximum atomic E-state index is 11.0. The molecule has 1 saturated heterocycles. The van der Waals surface area contributed by atoms with Gasteiger partial charge in [-0.25, -0.2) is 0 Å². The molecule has 0 saturated carbocycles. The van der Waals surface area contributed by atoms with Gasteiger partial charge in [0, 0.05) is 31.1 Å². The molecule has 0 spiro atoms. The minimum Gasteiger partial charge on any atom is -0.492 e. The first kappa shape index (κ1) is 15.1. The van der Waals surface area contributed by atoms with Gasteiger partial charge in [-0.2, -0.15) is 0 Å². The molecule has 1 aliphatic rings. The number of ether oxygens (including phenoxy) is 1. The van der Waals surface area contributed by atoms with E-state index in [-0.39, 0.29) is 11.7 Å². The second-order valence-electron chi connectivity index (χ2n) is 4.85. The Labute approximate surface area is 123 Å². The Morgan fingerprint density at radius 1 is 1.48 bits per heavy atom. The number of hydrogen-bond acceptors (Lipinski definition) is 5. The number of nitrogens with one attached hydrogen (secondary N) is 2. The molecule has 0 radical (unpaired) electrons. The maximum Gasteiger partial charge on any atom is 0.220 e. The van der Waals surface area contributed by atoms with Gasteiger partial charge in [-0.1, -0.05) is 5.16 Å². The highest BCUT2D eigenvalue weighted by Gasteiger charge is 2.16. The van der Waals surface area contributed by atoms with E-state index in [1.54, 1.807) is 24.3 Å². The number of oxime groups is 1. The summed E-state index contributed by atoms with van der Waals surface area (Å²) in [4.78, 5) is 11.0. The molecular formula is C14H20N4O3. The normalized spacial score (nSPS) is 19.1. The predicted octanol–water partition coefficient (Wildman–Crippen LogP) is 0.0281. The number of amidine groups is 1. The van der Waals surface area contributed by atoms with Crippen LogP contribution in [0.15, 0.2) is 29.4 Å². The lowest BCUT2D eigenvalue weighted by molar-refractivity contribution is -0.122. The number of benzene rings is 1. The summed E-state index contributed by atoms with van der Waals surface area (Å²) in [5.41, 5.74) is 6.12. The van der Waals surface area contributed by atoms with Crippen LogP contribution in [0.25, 0.3) is 0 Å². The summed E-state index contributed by atoms with van der Waals surface area (Å²) in [5, 5.41) is 17.7. The fourth-order valence-electron chi connectivity index (χ4n) is 2.12. The van der Waals surface area contributed by atoms with Crippen LogP contribution in [0.5, 0.6) is 5.75 Å². The van der Waals surface area contributed by atoms with Crippen molar-refractivity contribution in [2.45, 2.75) is 18.9 Å². The fraction of sp³-hybridized carbons (Fsp3) is 0.429. The molecule has 1 fully saturated rings. The lowest BCUT2D eigenvalue weighted by Crippen LogP contribution is -2.46. The van der Waals surface area contributed by atoms with Crippen LogP contribution in [0.3, 0.4) is 0 Å². The standard InChI is InChI=1S/C14H20N4O3/c15-14(18-20)10-1-4-12(5-2-10)21-8-7-16-11-3-6-13(19)17-9-11/h1-2,4-5,11,16,20H,3,6-9H2,(H2,15,18)(H,17,19). The van der Waals surface area contributed by atoms with Crippen molar-refractivity contribution in [2.24, 2.45) is 10.9 Å². The van der Waals surface area contributed by atoms with Gasteiger partial charge in [0.2, 0.25) is 5.91 Å². The number of rotatable bonds is 6. The third kappa shape index (κ3) is 4.64. The van der Waals surface area contributed by atoms with E-state index in [0.29, 0.717) is 37.7 Å². The van der Waals surface area contributed by atoms with Crippen LogP contribution in [0.4, 0.5) is 0 Å². The van der Waals surface area contributed by atoms with Crippen molar-refractivity contribution in [1.29, 1.82) is 0 Å². The van der Waals surface area contributed by atoms with Crippen molar-refractivity contribution < 1.29 is 14.7 Å². The van der Waals surface area contributed by atoms with Gasteiger partial charge in [-0.15, -0.1) is 0 Å². The first-order valence-corrected chi connectivity index (χ1v) is 6.90. The number of hydrogen-bond donors (Lipinski definition) is 4. The van der Waals surface area contributed by atoms with Crippen LogP contribution in [0.2, 0.25) is 0 Å². The molecule has 7 nitrogen and oxygen atoms in total. The Morgan fingerprint density at radius 2 is 2.24 bits per heavy atom. The molecule has 1 heterocycles. The van der Waals surface area contributed by atoms with E-state index in [4.69, 9.17) is 15.7 Å². The van der Waals surface area contributed by atoms with Crippen molar-refractivity contribution in [3.8, 4) is 5.75 Å². The van der Waals surface area contributed by atoms with Crippen LogP contribution in [-0.4, -0.2) is 42.7 Å². The third-order valence-electron chi connectivity index (χ3n) is 3.33. The van der Waals surface area contributed by atoms with Gasteiger partial charge in [-0.05, 0) is 30.7 Å². The monoisotopic (exact) mass is 292 g/mol. The molecule has 0 aliphatic carbocycles. The van der Waals surface area contributed by atoms with E-state index >= 15 is 0 Å². The zero-order valence-electron chi connectivity index (χ0n) is 11.7. The molecule has 1 aromatic rings. The van der Waals surface area contributed by atoms with E-state index in [9.17, 15) is 4.79 Å². The molecule has 0 aromatic heterocycles. The Bertz CT molecular complexity index is 491. The van der Waals surface area contributed by atoms with Crippen LogP contribution < -0.4 is 21.1 Å². The first-order chi connectivity index (χ1) is 10.2. The number of carbonyl (C=O) groups excluding carboxylic acids is 1. The van der Waals surface area contributed by atoms with Gasteiger partial charge in [0.25, 0.3) is 0 Å². The second-order valence-corrected chi connectivity index (χ2v) is 4.85. The lowest BCUT2D eigenvalue weighted by atomic mass is 10.1. The van der Waals surface area contributed by atoms with Gasteiger partial charge < -0.3 is 26.3 Å². The zero-order valence-corrected chi connectivity index (χ0v) is 11.7. The summed E-state index contributed by atoms with van der Waals surface area (Å²) >= 11 is 0. The van der Waals surface area contributed by atoms with E-state index in [1.165, 1.54) is 0 Å². The molecule has 1 amide bonds. The van der Waals surface area contributed by atoms with E-state index in [0.717, 1.165) is 12.2 Å². The Morgan fingerprint density at radius 3 is 2.86 bits per heavy atom. The SMILES string of the molecule is NC(=NO)c1ccc(OCCNC2CCC(=O)NC2)cc1. The van der Waals surface area contributed by atoms with Crippen molar-refractivity contribution in [3.05, 3.63) is 29.8 Å². The van der Waals surface area contributed by atoms with Crippen molar-refractivity contribution in [1.82, 2.24) is 10.6 Å². The summed E-state index contributed by atoms with van der Waals surface area (Å²) in [6, 6.07) is 7.32. The number of piperidine rings is 1. The molecule has 5 N–H and O–H groups in total. The second kappa shape index (κ2) is 7.49. The summed E-state index contributed by atoms with van der Waals surface area (Å²) in [6.45, 7) is 1.92. The molecule has 1 aliphatic heterocycles. The topological polar surface area (TPSA) is 109 Å². The largest absolute Gasteiger partial charge is 0.492 e. The van der Waals surface area contributed by atoms with Crippen molar-refractivity contribution in [2.75, 3.05) is 19.7 Å². The van der Waals surface area contributed by atoms with E-state index < -0.39 is 0 Å².